The maximum absolute atomic E-state index is 12.9. The van der Waals surface area contributed by atoms with Crippen molar-refractivity contribution in [2.75, 3.05) is 25.5 Å². The van der Waals surface area contributed by atoms with Crippen molar-refractivity contribution in [2.45, 2.75) is 32.3 Å². The Kier molecular flexibility index (Phi) is 6.53. The molecule has 3 rings (SSSR count). The van der Waals surface area contributed by atoms with E-state index in [0.717, 1.165) is 38.1 Å². The Balaban J connectivity index is 1.66. The summed E-state index contributed by atoms with van der Waals surface area (Å²) in [4.78, 5) is 27.3. The molecular weight excluding hydrogens is 356 g/mol. The molecule has 1 atom stereocenters. The standard InChI is InChI=1S/C22H26N2O4/c1-16(28-18-12-10-17(27-2)11-13-18)21(25)23-20-9-5-4-8-19(20)22(26)24-14-6-3-7-15-24/h4-5,8-13,16H,3,6-7,14-15H2,1-2H3,(H,23,25)/t16-/m1/s1. The minimum absolute atomic E-state index is 0.0423. The summed E-state index contributed by atoms with van der Waals surface area (Å²) in [6, 6.07) is 14.1. The Bertz CT molecular complexity index is 814. The van der Waals surface area contributed by atoms with Crippen molar-refractivity contribution in [3.63, 3.8) is 0 Å². The second kappa shape index (κ2) is 9.26. The molecule has 0 aromatic heterocycles. The number of likely N-dealkylation sites (tertiary alicyclic amines) is 1. The Morgan fingerprint density at radius 1 is 0.964 bits per heavy atom. The molecule has 2 aromatic carbocycles. The Labute approximate surface area is 165 Å². The maximum Gasteiger partial charge on any atom is 0.265 e. The van der Waals surface area contributed by atoms with Crippen LogP contribution in [0.4, 0.5) is 5.69 Å². The van der Waals surface area contributed by atoms with E-state index in [9.17, 15) is 9.59 Å². The van der Waals surface area contributed by atoms with E-state index in [0.29, 0.717) is 17.0 Å². The number of anilines is 1. The van der Waals surface area contributed by atoms with Crippen LogP contribution in [0.2, 0.25) is 0 Å². The average molecular weight is 382 g/mol. The van der Waals surface area contributed by atoms with Crippen molar-refractivity contribution in [3.05, 3.63) is 54.1 Å². The first kappa shape index (κ1) is 19.7. The van der Waals surface area contributed by atoms with E-state index in [4.69, 9.17) is 9.47 Å². The van der Waals surface area contributed by atoms with Crippen molar-refractivity contribution in [1.82, 2.24) is 4.90 Å². The van der Waals surface area contributed by atoms with Gasteiger partial charge in [-0.3, -0.25) is 9.59 Å². The lowest BCUT2D eigenvalue weighted by Gasteiger charge is -2.27. The molecule has 1 aliphatic heterocycles. The number of amides is 2. The van der Waals surface area contributed by atoms with Gasteiger partial charge in [-0.2, -0.15) is 0 Å². The molecule has 1 N–H and O–H groups in total. The topological polar surface area (TPSA) is 67.9 Å². The highest BCUT2D eigenvalue weighted by atomic mass is 16.5. The van der Waals surface area contributed by atoms with Gasteiger partial charge in [-0.25, -0.2) is 0 Å². The summed E-state index contributed by atoms with van der Waals surface area (Å²) >= 11 is 0. The third kappa shape index (κ3) is 4.82. The third-order valence-corrected chi connectivity index (χ3v) is 4.80. The fourth-order valence-electron chi connectivity index (χ4n) is 3.19. The second-order valence-corrected chi connectivity index (χ2v) is 6.82. The molecule has 1 saturated heterocycles. The van der Waals surface area contributed by atoms with Gasteiger partial charge in [0, 0.05) is 13.1 Å². The summed E-state index contributed by atoms with van der Waals surface area (Å²) in [6.07, 6.45) is 2.48. The molecule has 0 spiro atoms. The molecule has 1 aliphatic rings. The number of carbonyl (C=O) groups excluding carboxylic acids is 2. The number of benzene rings is 2. The molecule has 0 aliphatic carbocycles. The molecule has 6 heteroatoms. The van der Waals surface area contributed by atoms with Crippen LogP contribution >= 0.6 is 0 Å². The van der Waals surface area contributed by atoms with Crippen LogP contribution in [-0.4, -0.2) is 43.0 Å². The molecule has 0 radical (unpaired) electrons. The quantitative estimate of drug-likeness (QED) is 0.827. The first-order valence-electron chi connectivity index (χ1n) is 9.58. The summed E-state index contributed by atoms with van der Waals surface area (Å²) in [5.41, 5.74) is 1.02. The van der Waals surface area contributed by atoms with E-state index < -0.39 is 6.10 Å². The Morgan fingerprint density at radius 2 is 1.61 bits per heavy atom. The van der Waals surface area contributed by atoms with Crippen molar-refractivity contribution in [1.29, 1.82) is 0 Å². The summed E-state index contributed by atoms with van der Waals surface area (Å²) in [5.74, 6) is 0.935. The molecule has 2 amide bonds. The zero-order valence-electron chi connectivity index (χ0n) is 16.3. The number of nitrogens with zero attached hydrogens (tertiary/aromatic N) is 1. The normalized spacial score (nSPS) is 14.9. The van der Waals surface area contributed by atoms with E-state index in [-0.39, 0.29) is 11.8 Å². The summed E-state index contributed by atoms with van der Waals surface area (Å²) in [6.45, 7) is 3.20. The molecule has 148 valence electrons. The number of ether oxygens (including phenoxy) is 2. The van der Waals surface area contributed by atoms with Crippen LogP contribution in [-0.2, 0) is 4.79 Å². The number of methoxy groups -OCH3 is 1. The van der Waals surface area contributed by atoms with Gasteiger partial charge in [0.15, 0.2) is 6.10 Å². The smallest absolute Gasteiger partial charge is 0.265 e. The molecule has 1 heterocycles. The maximum atomic E-state index is 12.9. The monoisotopic (exact) mass is 382 g/mol. The lowest BCUT2D eigenvalue weighted by atomic mass is 10.1. The zero-order valence-corrected chi connectivity index (χ0v) is 16.3. The first-order chi connectivity index (χ1) is 13.6. The van der Waals surface area contributed by atoms with Crippen molar-refractivity contribution >= 4 is 17.5 Å². The number of piperidine rings is 1. The molecule has 0 saturated carbocycles. The van der Waals surface area contributed by atoms with E-state index in [1.807, 2.05) is 11.0 Å². The van der Waals surface area contributed by atoms with E-state index in [2.05, 4.69) is 5.32 Å². The highest BCUT2D eigenvalue weighted by molar-refractivity contribution is 6.04. The molecular formula is C22H26N2O4. The fraction of sp³-hybridized carbons (Fsp3) is 0.364. The van der Waals surface area contributed by atoms with Gasteiger partial charge in [-0.1, -0.05) is 12.1 Å². The number of rotatable bonds is 6. The minimum atomic E-state index is -0.716. The van der Waals surface area contributed by atoms with Crippen molar-refractivity contribution in [2.24, 2.45) is 0 Å². The summed E-state index contributed by atoms with van der Waals surface area (Å²) in [7, 11) is 1.59. The lowest BCUT2D eigenvalue weighted by Crippen LogP contribution is -2.36. The predicted molar refractivity (Wildman–Crippen MR) is 108 cm³/mol. The average Bonchev–Trinajstić information content (AvgIpc) is 2.74. The number of hydrogen-bond donors (Lipinski definition) is 1. The van der Waals surface area contributed by atoms with E-state index >= 15 is 0 Å². The lowest BCUT2D eigenvalue weighted by molar-refractivity contribution is -0.122. The minimum Gasteiger partial charge on any atom is -0.497 e. The largest absolute Gasteiger partial charge is 0.497 e. The first-order valence-corrected chi connectivity index (χ1v) is 9.58. The molecule has 1 fully saturated rings. The highest BCUT2D eigenvalue weighted by Crippen LogP contribution is 2.22. The molecule has 6 nitrogen and oxygen atoms in total. The van der Waals surface area contributed by atoms with Gasteiger partial charge >= 0.3 is 0 Å². The van der Waals surface area contributed by atoms with Crippen LogP contribution in [0, 0.1) is 0 Å². The van der Waals surface area contributed by atoms with E-state index in [1.165, 1.54) is 0 Å². The second-order valence-electron chi connectivity index (χ2n) is 6.82. The SMILES string of the molecule is COc1ccc(O[C@H](C)C(=O)Nc2ccccc2C(=O)N2CCCCC2)cc1. The van der Waals surface area contributed by atoms with Crippen LogP contribution in [0.15, 0.2) is 48.5 Å². The van der Waals surface area contributed by atoms with Gasteiger partial charge in [0.2, 0.25) is 0 Å². The van der Waals surface area contributed by atoms with Gasteiger partial charge in [0.1, 0.15) is 11.5 Å². The van der Waals surface area contributed by atoms with Gasteiger partial charge in [0.25, 0.3) is 11.8 Å². The van der Waals surface area contributed by atoms with Gasteiger partial charge in [-0.15, -0.1) is 0 Å². The van der Waals surface area contributed by atoms with Gasteiger partial charge in [-0.05, 0) is 62.6 Å². The molecule has 2 aromatic rings. The molecule has 28 heavy (non-hydrogen) atoms. The van der Waals surface area contributed by atoms with Crippen LogP contribution in [0.25, 0.3) is 0 Å². The Morgan fingerprint density at radius 3 is 2.29 bits per heavy atom. The third-order valence-electron chi connectivity index (χ3n) is 4.80. The molecule has 0 bridgehead atoms. The summed E-state index contributed by atoms with van der Waals surface area (Å²) in [5, 5.41) is 2.84. The van der Waals surface area contributed by atoms with Crippen LogP contribution in [0.1, 0.15) is 36.5 Å². The number of para-hydroxylation sites is 1. The fourth-order valence-corrected chi connectivity index (χ4v) is 3.19. The van der Waals surface area contributed by atoms with E-state index in [1.54, 1.807) is 56.5 Å². The van der Waals surface area contributed by atoms with Crippen molar-refractivity contribution < 1.29 is 19.1 Å². The van der Waals surface area contributed by atoms with Crippen molar-refractivity contribution in [3.8, 4) is 11.5 Å². The molecule has 0 unspecified atom stereocenters. The van der Waals surface area contributed by atoms with Crippen LogP contribution < -0.4 is 14.8 Å². The summed E-state index contributed by atoms with van der Waals surface area (Å²) < 4.78 is 10.8. The van der Waals surface area contributed by atoms with Gasteiger partial charge in [0.05, 0.1) is 18.4 Å². The number of nitrogens with one attached hydrogen (secondary N) is 1. The van der Waals surface area contributed by atoms with Crippen LogP contribution in [0.3, 0.4) is 0 Å². The van der Waals surface area contributed by atoms with Crippen LogP contribution in [0.5, 0.6) is 11.5 Å². The van der Waals surface area contributed by atoms with Gasteiger partial charge < -0.3 is 19.7 Å². The number of carbonyl (C=O) groups is 2. The zero-order chi connectivity index (χ0) is 19.9. The Hall–Kier alpha value is -3.02. The predicted octanol–water partition coefficient (Wildman–Crippen LogP) is 3.73. The number of hydrogen-bond acceptors (Lipinski definition) is 4. The highest BCUT2D eigenvalue weighted by Gasteiger charge is 2.22.